The van der Waals surface area contributed by atoms with Crippen molar-refractivity contribution in [2.24, 2.45) is 0 Å². The van der Waals surface area contributed by atoms with Crippen molar-refractivity contribution in [2.75, 3.05) is 19.0 Å². The van der Waals surface area contributed by atoms with Crippen LogP contribution in [0, 0.1) is 0 Å². The van der Waals surface area contributed by atoms with Crippen LogP contribution in [-0.4, -0.2) is 35.1 Å². The highest BCUT2D eigenvalue weighted by atomic mass is 16.5. The van der Waals surface area contributed by atoms with Gasteiger partial charge in [-0.05, 0) is 49.2 Å². The highest BCUT2D eigenvalue weighted by molar-refractivity contribution is 5.92. The third-order valence-corrected chi connectivity index (χ3v) is 5.08. The number of carbonyl (C=O) groups is 2. The van der Waals surface area contributed by atoms with Gasteiger partial charge in [0.1, 0.15) is 11.6 Å². The van der Waals surface area contributed by atoms with Crippen LogP contribution in [-0.2, 0) is 20.7 Å². The Bertz CT molecular complexity index is 1170. The minimum atomic E-state index is -0.519. The van der Waals surface area contributed by atoms with Gasteiger partial charge < -0.3 is 14.8 Å². The summed E-state index contributed by atoms with van der Waals surface area (Å²) in [7, 11) is 1.56. The molecule has 1 aliphatic carbocycles. The van der Waals surface area contributed by atoms with E-state index in [-0.39, 0.29) is 31.0 Å². The summed E-state index contributed by atoms with van der Waals surface area (Å²) in [5, 5.41) is 3.23. The lowest BCUT2D eigenvalue weighted by Gasteiger charge is -2.12. The lowest BCUT2D eigenvalue weighted by atomic mass is 10.2. The topological polar surface area (TPSA) is 99.5 Å². The van der Waals surface area contributed by atoms with Crippen LogP contribution in [0.25, 0.3) is 10.9 Å². The number of carbonyl (C=O) groups excluding carboxylic acids is 2. The smallest absolute Gasteiger partial charge is 0.306 e. The molecular formula is C23H23N3O5. The highest BCUT2D eigenvalue weighted by Gasteiger charge is 2.28. The Kier molecular flexibility index (Phi) is 5.97. The van der Waals surface area contributed by atoms with Crippen molar-refractivity contribution in [3.8, 4) is 5.75 Å². The van der Waals surface area contributed by atoms with E-state index in [0.717, 1.165) is 12.8 Å². The minimum Gasteiger partial charge on any atom is -0.497 e. The van der Waals surface area contributed by atoms with E-state index < -0.39 is 11.9 Å². The first-order chi connectivity index (χ1) is 15.0. The molecule has 31 heavy (non-hydrogen) atoms. The molecule has 1 fully saturated rings. The van der Waals surface area contributed by atoms with Gasteiger partial charge in [0.15, 0.2) is 6.61 Å². The zero-order valence-corrected chi connectivity index (χ0v) is 17.2. The second kappa shape index (κ2) is 8.99. The van der Waals surface area contributed by atoms with E-state index in [1.54, 1.807) is 48.1 Å². The minimum absolute atomic E-state index is 0.0350. The van der Waals surface area contributed by atoms with Gasteiger partial charge in [-0.25, -0.2) is 4.98 Å². The first kappa shape index (κ1) is 20.6. The molecule has 2 aromatic carbocycles. The van der Waals surface area contributed by atoms with Gasteiger partial charge in [0.2, 0.25) is 0 Å². The molecular weight excluding hydrogens is 398 g/mol. The number of anilines is 1. The Morgan fingerprint density at radius 2 is 1.87 bits per heavy atom. The van der Waals surface area contributed by atoms with E-state index in [2.05, 4.69) is 10.3 Å². The quantitative estimate of drug-likeness (QED) is 0.562. The van der Waals surface area contributed by atoms with Crippen molar-refractivity contribution in [3.05, 3.63) is 64.7 Å². The van der Waals surface area contributed by atoms with Crippen LogP contribution in [0.4, 0.5) is 5.69 Å². The van der Waals surface area contributed by atoms with Crippen molar-refractivity contribution in [1.29, 1.82) is 0 Å². The summed E-state index contributed by atoms with van der Waals surface area (Å²) >= 11 is 0. The fourth-order valence-electron chi connectivity index (χ4n) is 3.38. The molecule has 0 unspecified atom stereocenters. The number of esters is 1. The van der Waals surface area contributed by atoms with E-state index in [1.165, 1.54) is 0 Å². The zero-order chi connectivity index (χ0) is 21.8. The fraction of sp³-hybridized carbons (Fsp3) is 0.304. The van der Waals surface area contributed by atoms with Crippen LogP contribution >= 0.6 is 0 Å². The fourth-order valence-corrected chi connectivity index (χ4v) is 3.38. The number of hydrogen-bond donors (Lipinski definition) is 1. The molecule has 1 aliphatic rings. The molecule has 0 spiro atoms. The standard InChI is InChI=1S/C23H23N3O5/c1-30-17-10-6-15(7-11-17)24-21(27)14-31-22(28)13-12-20-25-19-5-3-2-4-18(19)23(29)26(20)16-8-9-16/h2-7,10-11,16H,8-9,12-14H2,1H3,(H,24,27). The predicted octanol–water partition coefficient (Wildman–Crippen LogP) is 2.85. The lowest BCUT2D eigenvalue weighted by molar-refractivity contribution is -0.147. The summed E-state index contributed by atoms with van der Waals surface area (Å²) in [5.41, 5.74) is 1.12. The normalized spacial score (nSPS) is 13.1. The van der Waals surface area contributed by atoms with E-state index in [9.17, 15) is 14.4 Å². The molecule has 1 aromatic heterocycles. The first-order valence-electron chi connectivity index (χ1n) is 10.1. The number of nitrogens with zero attached hydrogens (tertiary/aromatic N) is 2. The largest absolute Gasteiger partial charge is 0.497 e. The summed E-state index contributed by atoms with van der Waals surface area (Å²) in [6.45, 7) is -0.383. The molecule has 0 saturated heterocycles. The number of hydrogen-bond acceptors (Lipinski definition) is 6. The number of amides is 1. The molecule has 0 radical (unpaired) electrons. The number of aryl methyl sites for hydroxylation is 1. The molecule has 0 atom stereocenters. The SMILES string of the molecule is COc1ccc(NC(=O)COC(=O)CCc2nc3ccccc3c(=O)n2C2CC2)cc1. The maximum Gasteiger partial charge on any atom is 0.306 e. The lowest BCUT2D eigenvalue weighted by Crippen LogP contribution is -2.25. The average molecular weight is 421 g/mol. The van der Waals surface area contributed by atoms with Gasteiger partial charge in [0.25, 0.3) is 11.5 Å². The van der Waals surface area contributed by atoms with Crippen molar-refractivity contribution in [3.63, 3.8) is 0 Å². The van der Waals surface area contributed by atoms with Crippen LogP contribution in [0.15, 0.2) is 53.3 Å². The first-order valence-corrected chi connectivity index (χ1v) is 10.1. The van der Waals surface area contributed by atoms with Gasteiger partial charge in [-0.1, -0.05) is 12.1 Å². The van der Waals surface area contributed by atoms with E-state index in [0.29, 0.717) is 28.2 Å². The molecule has 4 rings (SSSR count). The summed E-state index contributed by atoms with van der Waals surface area (Å²) in [6.07, 6.45) is 2.18. The van der Waals surface area contributed by atoms with Gasteiger partial charge in [-0.2, -0.15) is 0 Å². The average Bonchev–Trinajstić information content (AvgIpc) is 3.62. The van der Waals surface area contributed by atoms with Crippen LogP contribution in [0.1, 0.15) is 31.1 Å². The summed E-state index contributed by atoms with van der Waals surface area (Å²) in [4.78, 5) is 41.6. The van der Waals surface area contributed by atoms with Crippen LogP contribution in [0.3, 0.4) is 0 Å². The Morgan fingerprint density at radius 3 is 2.58 bits per heavy atom. The number of ether oxygens (including phenoxy) is 2. The van der Waals surface area contributed by atoms with Gasteiger partial charge in [-0.15, -0.1) is 0 Å². The second-order valence-electron chi connectivity index (χ2n) is 7.39. The summed E-state index contributed by atoms with van der Waals surface area (Å²) < 4.78 is 11.9. The number of benzene rings is 2. The third-order valence-electron chi connectivity index (χ3n) is 5.08. The molecule has 1 heterocycles. The molecule has 1 N–H and O–H groups in total. The number of methoxy groups -OCH3 is 1. The van der Waals surface area contributed by atoms with Crippen LogP contribution in [0.2, 0.25) is 0 Å². The van der Waals surface area contributed by atoms with Crippen molar-refractivity contribution < 1.29 is 19.1 Å². The van der Waals surface area contributed by atoms with Gasteiger partial charge in [0, 0.05) is 18.2 Å². The Balaban J connectivity index is 1.34. The molecule has 8 heteroatoms. The van der Waals surface area contributed by atoms with Crippen molar-refractivity contribution in [2.45, 2.75) is 31.7 Å². The Hall–Kier alpha value is -3.68. The van der Waals surface area contributed by atoms with Gasteiger partial charge in [0.05, 0.1) is 24.4 Å². The molecule has 0 aliphatic heterocycles. The molecule has 3 aromatic rings. The van der Waals surface area contributed by atoms with Gasteiger partial charge in [-0.3, -0.25) is 19.0 Å². The number of aromatic nitrogens is 2. The molecule has 160 valence electrons. The predicted molar refractivity (Wildman–Crippen MR) is 115 cm³/mol. The number of rotatable bonds is 8. The van der Waals surface area contributed by atoms with Gasteiger partial charge >= 0.3 is 5.97 Å². The van der Waals surface area contributed by atoms with E-state index in [4.69, 9.17) is 9.47 Å². The zero-order valence-electron chi connectivity index (χ0n) is 17.2. The molecule has 0 bridgehead atoms. The van der Waals surface area contributed by atoms with E-state index in [1.807, 2.05) is 12.1 Å². The second-order valence-corrected chi connectivity index (χ2v) is 7.39. The summed E-state index contributed by atoms with van der Waals surface area (Å²) in [6, 6.07) is 14.2. The maximum absolute atomic E-state index is 12.9. The van der Waals surface area contributed by atoms with Crippen molar-refractivity contribution >= 4 is 28.5 Å². The Morgan fingerprint density at radius 1 is 1.13 bits per heavy atom. The van der Waals surface area contributed by atoms with Crippen LogP contribution < -0.4 is 15.6 Å². The third kappa shape index (κ3) is 4.91. The Labute approximate surface area is 178 Å². The van der Waals surface area contributed by atoms with Crippen molar-refractivity contribution in [1.82, 2.24) is 9.55 Å². The number of nitrogens with one attached hydrogen (secondary N) is 1. The van der Waals surface area contributed by atoms with Crippen LogP contribution in [0.5, 0.6) is 5.75 Å². The molecule has 1 amide bonds. The number of fused-ring (bicyclic) bond motifs is 1. The summed E-state index contributed by atoms with van der Waals surface area (Å²) in [5.74, 6) is 0.300. The molecule has 8 nitrogen and oxygen atoms in total. The molecule has 1 saturated carbocycles. The maximum atomic E-state index is 12.9. The van der Waals surface area contributed by atoms with E-state index >= 15 is 0 Å². The monoisotopic (exact) mass is 421 g/mol. The number of para-hydroxylation sites is 1. The highest BCUT2D eigenvalue weighted by Crippen LogP contribution is 2.34.